The number of carbonyl (C=O) groups excluding carboxylic acids is 1. The van der Waals surface area contributed by atoms with Crippen molar-refractivity contribution in [2.75, 3.05) is 6.61 Å². The zero-order chi connectivity index (χ0) is 13.5. The zero-order valence-electron chi connectivity index (χ0n) is 11.6. The Labute approximate surface area is 108 Å². The molecule has 2 heterocycles. The summed E-state index contributed by atoms with van der Waals surface area (Å²) in [7, 11) is 0. The average Bonchev–Trinajstić information content (AvgIpc) is 2.50. The van der Waals surface area contributed by atoms with Crippen molar-refractivity contribution >= 4 is 11.9 Å². The number of aliphatic imine (C=N–C) groups is 1. The van der Waals surface area contributed by atoms with Gasteiger partial charge in [-0.2, -0.15) is 4.99 Å². The highest BCUT2D eigenvalue weighted by Crippen LogP contribution is 2.38. The standard InChI is InChI=1S/C13H23N3O2/c1-8(2)10-7-13(5-6-18-10)11(14)15-12(17)16(13)9(3)4/h8-10H,5-7H2,1-4H3,(H2,14,15,17). The van der Waals surface area contributed by atoms with Crippen LogP contribution < -0.4 is 5.73 Å². The lowest BCUT2D eigenvalue weighted by atomic mass is 9.81. The normalized spacial score (nSPS) is 32.8. The summed E-state index contributed by atoms with van der Waals surface area (Å²) in [5.74, 6) is 0.884. The second-order valence-corrected chi connectivity index (χ2v) is 5.88. The summed E-state index contributed by atoms with van der Waals surface area (Å²) in [4.78, 5) is 17.8. The maximum absolute atomic E-state index is 12.0. The Balaban J connectivity index is 2.32. The van der Waals surface area contributed by atoms with E-state index in [4.69, 9.17) is 10.5 Å². The van der Waals surface area contributed by atoms with E-state index in [1.807, 2.05) is 18.7 Å². The molecule has 102 valence electrons. The largest absolute Gasteiger partial charge is 0.385 e. The minimum Gasteiger partial charge on any atom is -0.385 e. The Morgan fingerprint density at radius 1 is 1.44 bits per heavy atom. The molecule has 1 fully saturated rings. The van der Waals surface area contributed by atoms with Crippen molar-refractivity contribution in [1.82, 2.24) is 4.90 Å². The summed E-state index contributed by atoms with van der Waals surface area (Å²) in [6, 6.07) is -0.0971. The maximum atomic E-state index is 12.0. The van der Waals surface area contributed by atoms with Crippen LogP contribution in [0.3, 0.4) is 0 Å². The molecule has 2 aliphatic rings. The fourth-order valence-corrected chi connectivity index (χ4v) is 3.04. The van der Waals surface area contributed by atoms with Gasteiger partial charge >= 0.3 is 6.03 Å². The van der Waals surface area contributed by atoms with E-state index in [1.54, 1.807) is 0 Å². The van der Waals surface area contributed by atoms with Crippen LogP contribution in [0.4, 0.5) is 4.79 Å². The van der Waals surface area contributed by atoms with Crippen molar-refractivity contribution in [2.45, 2.75) is 58.2 Å². The van der Waals surface area contributed by atoms with Gasteiger partial charge in [-0.05, 0) is 19.8 Å². The van der Waals surface area contributed by atoms with Crippen LogP contribution in [0.5, 0.6) is 0 Å². The average molecular weight is 253 g/mol. The zero-order valence-corrected chi connectivity index (χ0v) is 11.6. The van der Waals surface area contributed by atoms with Crippen LogP contribution in [0.1, 0.15) is 40.5 Å². The quantitative estimate of drug-likeness (QED) is 0.815. The van der Waals surface area contributed by atoms with Gasteiger partial charge in [0, 0.05) is 25.5 Å². The van der Waals surface area contributed by atoms with Crippen molar-refractivity contribution in [3.05, 3.63) is 0 Å². The molecule has 2 aliphatic heterocycles. The first-order chi connectivity index (χ1) is 8.38. The molecule has 5 heteroatoms. The SMILES string of the molecule is CC(C)C1CC2(CCO1)C(N)=NC(=O)N2C(C)C. The van der Waals surface area contributed by atoms with E-state index in [9.17, 15) is 4.79 Å². The number of hydrogen-bond acceptors (Lipinski definition) is 3. The molecule has 0 aromatic heterocycles. The van der Waals surface area contributed by atoms with Gasteiger partial charge in [0.1, 0.15) is 11.4 Å². The van der Waals surface area contributed by atoms with Crippen molar-refractivity contribution in [3.8, 4) is 0 Å². The second kappa shape index (κ2) is 4.53. The van der Waals surface area contributed by atoms with Crippen LogP contribution in [0.15, 0.2) is 4.99 Å². The number of carbonyl (C=O) groups is 1. The van der Waals surface area contributed by atoms with E-state index in [-0.39, 0.29) is 18.2 Å². The lowest BCUT2D eigenvalue weighted by molar-refractivity contribution is -0.0588. The third kappa shape index (κ3) is 1.90. The monoisotopic (exact) mass is 253 g/mol. The van der Waals surface area contributed by atoms with Crippen LogP contribution in [0.2, 0.25) is 0 Å². The topological polar surface area (TPSA) is 67.9 Å². The molecular weight excluding hydrogens is 230 g/mol. The third-order valence-corrected chi connectivity index (χ3v) is 4.01. The molecule has 0 bridgehead atoms. The fourth-order valence-electron chi connectivity index (χ4n) is 3.04. The van der Waals surface area contributed by atoms with Gasteiger partial charge < -0.3 is 15.4 Å². The van der Waals surface area contributed by atoms with Gasteiger partial charge in [0.2, 0.25) is 0 Å². The Morgan fingerprint density at radius 3 is 2.67 bits per heavy atom. The summed E-state index contributed by atoms with van der Waals surface area (Å²) >= 11 is 0. The molecule has 1 spiro atoms. The third-order valence-electron chi connectivity index (χ3n) is 4.01. The van der Waals surface area contributed by atoms with E-state index in [2.05, 4.69) is 18.8 Å². The molecular formula is C13H23N3O2. The molecule has 2 atom stereocenters. The molecule has 1 saturated heterocycles. The highest BCUT2D eigenvalue weighted by atomic mass is 16.5. The number of nitrogens with zero attached hydrogens (tertiary/aromatic N) is 2. The fraction of sp³-hybridized carbons (Fsp3) is 0.846. The number of rotatable bonds is 2. The first-order valence-corrected chi connectivity index (χ1v) is 6.68. The van der Waals surface area contributed by atoms with E-state index in [1.165, 1.54) is 0 Å². The number of amidine groups is 1. The molecule has 2 N–H and O–H groups in total. The van der Waals surface area contributed by atoms with E-state index in [0.29, 0.717) is 18.4 Å². The van der Waals surface area contributed by atoms with Crippen molar-refractivity contribution in [3.63, 3.8) is 0 Å². The molecule has 2 rings (SSSR count). The highest BCUT2D eigenvalue weighted by Gasteiger charge is 2.52. The summed E-state index contributed by atoms with van der Waals surface area (Å²) in [5.41, 5.74) is 5.64. The van der Waals surface area contributed by atoms with Gasteiger partial charge in [0.05, 0.1) is 6.10 Å². The number of amides is 2. The van der Waals surface area contributed by atoms with Gasteiger partial charge in [-0.1, -0.05) is 13.8 Å². The van der Waals surface area contributed by atoms with E-state index < -0.39 is 5.54 Å². The van der Waals surface area contributed by atoms with Crippen molar-refractivity contribution in [1.29, 1.82) is 0 Å². The number of ether oxygens (including phenoxy) is 1. The smallest absolute Gasteiger partial charge is 0.346 e. The van der Waals surface area contributed by atoms with E-state index in [0.717, 1.165) is 12.8 Å². The molecule has 0 radical (unpaired) electrons. The van der Waals surface area contributed by atoms with Crippen LogP contribution >= 0.6 is 0 Å². The van der Waals surface area contributed by atoms with Crippen molar-refractivity contribution < 1.29 is 9.53 Å². The first kappa shape index (κ1) is 13.3. The number of urea groups is 1. The van der Waals surface area contributed by atoms with Crippen LogP contribution in [0.25, 0.3) is 0 Å². The highest BCUT2D eigenvalue weighted by molar-refractivity contribution is 6.06. The molecule has 2 amide bonds. The molecule has 0 aliphatic carbocycles. The predicted octanol–water partition coefficient (Wildman–Crippen LogP) is 1.76. The van der Waals surface area contributed by atoms with Crippen molar-refractivity contribution in [2.24, 2.45) is 16.6 Å². The lowest BCUT2D eigenvalue weighted by Gasteiger charge is -2.46. The Bertz CT molecular complexity index is 378. The maximum Gasteiger partial charge on any atom is 0.346 e. The van der Waals surface area contributed by atoms with E-state index >= 15 is 0 Å². The summed E-state index contributed by atoms with van der Waals surface area (Å²) in [6.45, 7) is 8.91. The van der Waals surface area contributed by atoms with Gasteiger partial charge in [-0.15, -0.1) is 0 Å². The van der Waals surface area contributed by atoms with Crippen LogP contribution in [-0.2, 0) is 4.74 Å². The first-order valence-electron chi connectivity index (χ1n) is 6.68. The Morgan fingerprint density at radius 2 is 2.11 bits per heavy atom. The number of hydrogen-bond donors (Lipinski definition) is 1. The minimum atomic E-state index is -0.418. The summed E-state index contributed by atoms with van der Waals surface area (Å²) in [5, 5.41) is 0. The number of nitrogens with two attached hydrogens (primary N) is 1. The Kier molecular flexibility index (Phi) is 3.36. The van der Waals surface area contributed by atoms with Crippen LogP contribution in [0, 0.1) is 5.92 Å². The molecule has 0 aromatic carbocycles. The summed E-state index contributed by atoms with van der Waals surface area (Å²) in [6.07, 6.45) is 1.64. The van der Waals surface area contributed by atoms with Gasteiger partial charge in [-0.3, -0.25) is 0 Å². The molecule has 0 saturated carbocycles. The van der Waals surface area contributed by atoms with Gasteiger partial charge in [0.25, 0.3) is 0 Å². The van der Waals surface area contributed by atoms with Gasteiger partial charge in [-0.25, -0.2) is 4.79 Å². The van der Waals surface area contributed by atoms with Gasteiger partial charge in [0.15, 0.2) is 0 Å². The second-order valence-electron chi connectivity index (χ2n) is 5.88. The molecule has 5 nitrogen and oxygen atoms in total. The summed E-state index contributed by atoms with van der Waals surface area (Å²) < 4.78 is 5.79. The molecule has 0 aromatic rings. The van der Waals surface area contributed by atoms with Crippen LogP contribution in [-0.4, -0.2) is 41.1 Å². The molecule has 18 heavy (non-hydrogen) atoms. The molecule has 2 unspecified atom stereocenters. The minimum absolute atomic E-state index is 0.105. The lowest BCUT2D eigenvalue weighted by Crippen LogP contribution is -2.61. The Hall–Kier alpha value is -1.10. The predicted molar refractivity (Wildman–Crippen MR) is 70.5 cm³/mol.